The Hall–Kier alpha value is -4.85. The first-order valence-electron chi connectivity index (χ1n) is 16.2. The SMILES string of the molecule is COc1ccccc1C(=O)CN1C(=O)/C(C)=C/C=C\C(OC)[C@@H](OC(N)=O)/C(C)=C/[C@H](C)[C@@H](O)[C@@H](OC)C[C@H](C)CC2=C(N)C(=O)C=C1C2=O. The molecule has 50 heavy (non-hydrogen) atoms. The molecule has 1 heterocycles. The number of fused-ring (bicyclic) bond motifs is 2. The van der Waals surface area contributed by atoms with Crippen molar-refractivity contribution in [3.8, 4) is 5.75 Å². The van der Waals surface area contributed by atoms with Crippen LogP contribution in [-0.2, 0) is 28.6 Å². The largest absolute Gasteiger partial charge is 0.496 e. The van der Waals surface area contributed by atoms with Crippen molar-refractivity contribution in [2.24, 2.45) is 23.3 Å². The van der Waals surface area contributed by atoms with E-state index in [1.807, 2.05) is 6.92 Å². The van der Waals surface area contributed by atoms with E-state index in [0.717, 1.165) is 11.0 Å². The topological polar surface area (TPSA) is 198 Å². The highest BCUT2D eigenvalue weighted by Crippen LogP contribution is 2.30. The number of hydrogen-bond acceptors (Lipinski definition) is 11. The van der Waals surface area contributed by atoms with Crippen molar-refractivity contribution in [1.82, 2.24) is 4.90 Å². The first-order valence-corrected chi connectivity index (χ1v) is 16.2. The van der Waals surface area contributed by atoms with Gasteiger partial charge in [0.05, 0.1) is 42.8 Å². The Labute approximate surface area is 292 Å². The number of allylic oxidation sites excluding steroid dienone is 4. The van der Waals surface area contributed by atoms with Gasteiger partial charge in [-0.1, -0.05) is 50.3 Å². The van der Waals surface area contributed by atoms with Crippen LogP contribution in [-0.4, -0.2) is 91.6 Å². The number of ether oxygens (including phenoxy) is 4. The van der Waals surface area contributed by atoms with E-state index in [-0.39, 0.29) is 52.6 Å². The van der Waals surface area contributed by atoms with Gasteiger partial charge in [0.15, 0.2) is 11.9 Å². The van der Waals surface area contributed by atoms with Crippen LogP contribution in [0, 0.1) is 11.8 Å². The van der Waals surface area contributed by atoms with Gasteiger partial charge in [-0.05, 0) is 50.3 Å². The number of hydrogen-bond donors (Lipinski definition) is 3. The highest BCUT2D eigenvalue weighted by Gasteiger charge is 2.36. The Morgan fingerprint density at radius 2 is 1.72 bits per heavy atom. The standard InChI is InChI=1S/C37H47N3O10/c1-20-15-25-32(38)27(41)18-26(34(25)44)40(19-28(42)24-12-8-9-13-29(24)47-5)36(45)21(2)11-10-14-30(48-6)35(50-37(39)46)23(4)17-22(3)33(43)31(16-20)49-7/h8-14,17-18,20,22,30-31,33,35,43H,15-16,19,38H2,1-7H3,(H2,39,46)/b14-10-,21-11+,23-17+/t20-,22+,30?,31+,33-,35+/m1/s1. The number of nitrogens with two attached hydrogens (primary N) is 2. The minimum absolute atomic E-state index is 0.00973. The van der Waals surface area contributed by atoms with Gasteiger partial charge in [-0.15, -0.1) is 0 Å². The number of aliphatic hydroxyl groups is 1. The Bertz CT molecular complexity index is 1640. The molecule has 2 aliphatic rings. The van der Waals surface area contributed by atoms with Crippen LogP contribution in [0.1, 0.15) is 50.9 Å². The molecule has 2 bridgehead atoms. The van der Waals surface area contributed by atoms with Crippen molar-refractivity contribution in [3.05, 3.63) is 88.3 Å². The minimum atomic E-state index is -1.04. The predicted octanol–water partition coefficient (Wildman–Crippen LogP) is 3.32. The minimum Gasteiger partial charge on any atom is -0.496 e. The number of para-hydroxylation sites is 1. The number of nitrogens with zero attached hydrogens (tertiary/aromatic N) is 1. The maximum absolute atomic E-state index is 14.1. The fourth-order valence-corrected chi connectivity index (χ4v) is 6.06. The molecule has 0 radical (unpaired) electrons. The number of Topliss-reactive ketones (excluding diaryl/α,β-unsaturated/α-hetero) is 2. The maximum atomic E-state index is 14.1. The van der Waals surface area contributed by atoms with Gasteiger partial charge < -0.3 is 35.5 Å². The summed E-state index contributed by atoms with van der Waals surface area (Å²) in [5, 5.41) is 11.3. The fraction of sp³-hybridized carbons (Fsp3) is 0.432. The van der Waals surface area contributed by atoms with Gasteiger partial charge in [0.2, 0.25) is 11.6 Å². The lowest BCUT2D eigenvalue weighted by Gasteiger charge is -2.30. The maximum Gasteiger partial charge on any atom is 0.405 e. The summed E-state index contributed by atoms with van der Waals surface area (Å²) in [6.45, 7) is 6.17. The number of aliphatic hydroxyl groups excluding tert-OH is 1. The first-order chi connectivity index (χ1) is 23.6. The molecule has 3 rings (SSSR count). The molecule has 270 valence electrons. The van der Waals surface area contributed by atoms with Crippen molar-refractivity contribution in [3.63, 3.8) is 0 Å². The summed E-state index contributed by atoms with van der Waals surface area (Å²) >= 11 is 0. The first kappa shape index (κ1) is 39.6. The van der Waals surface area contributed by atoms with E-state index in [0.29, 0.717) is 5.57 Å². The van der Waals surface area contributed by atoms with Crippen LogP contribution in [0.15, 0.2) is 82.8 Å². The highest BCUT2D eigenvalue weighted by atomic mass is 16.6. The monoisotopic (exact) mass is 693 g/mol. The number of primary amides is 1. The molecule has 1 unspecified atom stereocenters. The van der Waals surface area contributed by atoms with Gasteiger partial charge >= 0.3 is 6.09 Å². The van der Waals surface area contributed by atoms with Crippen molar-refractivity contribution in [2.45, 2.75) is 65.0 Å². The number of rotatable bonds is 7. The molecule has 6 atom stereocenters. The van der Waals surface area contributed by atoms with Crippen LogP contribution in [0.3, 0.4) is 0 Å². The van der Waals surface area contributed by atoms with Crippen LogP contribution in [0.2, 0.25) is 0 Å². The third-order valence-electron chi connectivity index (χ3n) is 8.79. The molecule has 1 aromatic carbocycles. The van der Waals surface area contributed by atoms with E-state index in [1.54, 1.807) is 38.1 Å². The third kappa shape index (κ3) is 9.43. The zero-order chi connectivity index (χ0) is 37.3. The Morgan fingerprint density at radius 3 is 2.34 bits per heavy atom. The van der Waals surface area contributed by atoms with E-state index in [9.17, 15) is 29.1 Å². The summed E-state index contributed by atoms with van der Waals surface area (Å²) in [5.74, 6) is -3.21. The molecule has 1 aromatic rings. The Balaban J connectivity index is 2.20. The fourth-order valence-electron chi connectivity index (χ4n) is 6.06. The molecule has 0 saturated carbocycles. The lowest BCUT2D eigenvalue weighted by atomic mass is 9.85. The summed E-state index contributed by atoms with van der Waals surface area (Å²) in [6, 6.07) is 6.44. The van der Waals surface area contributed by atoms with Gasteiger partial charge in [-0.25, -0.2) is 4.79 Å². The number of carbonyl (C=O) groups excluding carboxylic acids is 5. The van der Waals surface area contributed by atoms with E-state index in [1.165, 1.54) is 52.5 Å². The van der Waals surface area contributed by atoms with Crippen LogP contribution >= 0.6 is 0 Å². The van der Waals surface area contributed by atoms with E-state index < -0.39 is 66.2 Å². The summed E-state index contributed by atoms with van der Waals surface area (Å²) in [5.41, 5.74) is 11.8. The average Bonchev–Trinajstić information content (AvgIpc) is 3.09. The predicted molar refractivity (Wildman–Crippen MR) is 185 cm³/mol. The van der Waals surface area contributed by atoms with Crippen molar-refractivity contribution in [1.29, 1.82) is 0 Å². The van der Waals surface area contributed by atoms with E-state index >= 15 is 0 Å². The van der Waals surface area contributed by atoms with Crippen LogP contribution in [0.25, 0.3) is 0 Å². The average molecular weight is 694 g/mol. The number of benzene rings is 1. The third-order valence-corrected chi connectivity index (χ3v) is 8.79. The number of amides is 2. The smallest absolute Gasteiger partial charge is 0.405 e. The molecule has 0 aromatic heterocycles. The molecule has 5 N–H and O–H groups in total. The summed E-state index contributed by atoms with van der Waals surface area (Å²) in [7, 11) is 4.25. The summed E-state index contributed by atoms with van der Waals surface area (Å²) < 4.78 is 22.0. The summed E-state index contributed by atoms with van der Waals surface area (Å²) in [6.07, 6.45) is 2.78. The van der Waals surface area contributed by atoms with Gasteiger partial charge in [-0.2, -0.15) is 0 Å². The second-order valence-electron chi connectivity index (χ2n) is 12.5. The lowest BCUT2D eigenvalue weighted by Crippen LogP contribution is -2.41. The molecule has 13 nitrogen and oxygen atoms in total. The normalized spacial score (nSPS) is 28.6. The summed E-state index contributed by atoms with van der Waals surface area (Å²) in [4.78, 5) is 67.9. The van der Waals surface area contributed by atoms with Gasteiger partial charge in [-0.3, -0.25) is 24.1 Å². The van der Waals surface area contributed by atoms with Gasteiger partial charge in [0.1, 0.15) is 11.9 Å². The van der Waals surface area contributed by atoms with Crippen LogP contribution in [0.4, 0.5) is 4.79 Å². The Kier molecular flexibility index (Phi) is 14.0. The zero-order valence-electron chi connectivity index (χ0n) is 29.5. The molecule has 0 spiro atoms. The molecular weight excluding hydrogens is 646 g/mol. The Morgan fingerprint density at radius 1 is 1.04 bits per heavy atom. The molecule has 0 saturated heterocycles. The van der Waals surface area contributed by atoms with Crippen molar-refractivity contribution < 1.29 is 48.0 Å². The quantitative estimate of drug-likeness (QED) is 0.215. The molecule has 0 fully saturated rings. The highest BCUT2D eigenvalue weighted by molar-refractivity contribution is 6.24. The van der Waals surface area contributed by atoms with Gasteiger partial charge in [0.25, 0.3) is 5.91 Å². The molecule has 2 amide bonds. The van der Waals surface area contributed by atoms with Crippen molar-refractivity contribution >= 4 is 29.4 Å². The number of ketones is 3. The van der Waals surface area contributed by atoms with Gasteiger partial charge in [0, 0.05) is 37.4 Å². The van der Waals surface area contributed by atoms with E-state index in [2.05, 4.69) is 0 Å². The lowest BCUT2D eigenvalue weighted by molar-refractivity contribution is -0.128. The molecule has 1 aliphatic carbocycles. The molecule has 13 heteroatoms. The van der Waals surface area contributed by atoms with Crippen molar-refractivity contribution in [2.75, 3.05) is 27.9 Å². The van der Waals surface area contributed by atoms with E-state index in [4.69, 9.17) is 30.4 Å². The number of carbonyl (C=O) groups is 5. The second kappa shape index (κ2) is 17.7. The zero-order valence-corrected chi connectivity index (χ0v) is 29.5. The number of methoxy groups -OCH3 is 3. The molecular formula is C37H47N3O10. The molecule has 1 aliphatic heterocycles. The second-order valence-corrected chi connectivity index (χ2v) is 12.5. The van der Waals surface area contributed by atoms with Crippen LogP contribution in [0.5, 0.6) is 5.75 Å². The van der Waals surface area contributed by atoms with Crippen LogP contribution < -0.4 is 16.2 Å².